The number of halogens is 2. The van der Waals surface area contributed by atoms with Crippen LogP contribution in [0.1, 0.15) is 10.4 Å². The third-order valence-corrected chi connectivity index (χ3v) is 5.04. The molecule has 0 aliphatic heterocycles. The third-order valence-electron chi connectivity index (χ3n) is 4.17. The highest BCUT2D eigenvalue weighted by molar-refractivity contribution is 7.13. The first-order valence-corrected chi connectivity index (χ1v) is 9.36. The Balaban J connectivity index is 1.64. The molecule has 0 fully saturated rings. The van der Waals surface area contributed by atoms with Crippen LogP contribution in [-0.4, -0.2) is 10.9 Å². The first-order chi connectivity index (χ1) is 13.6. The Labute approximate surface area is 164 Å². The third kappa shape index (κ3) is 3.68. The van der Waals surface area contributed by atoms with Gasteiger partial charge in [0.2, 0.25) is 0 Å². The smallest absolute Gasteiger partial charge is 0.255 e. The monoisotopic (exact) mass is 392 g/mol. The van der Waals surface area contributed by atoms with Gasteiger partial charge in [-0.25, -0.2) is 13.8 Å². The molecule has 0 radical (unpaired) electrons. The Kier molecular flexibility index (Phi) is 4.95. The van der Waals surface area contributed by atoms with E-state index in [9.17, 15) is 13.6 Å². The van der Waals surface area contributed by atoms with E-state index in [4.69, 9.17) is 0 Å². The molecule has 4 rings (SSSR count). The van der Waals surface area contributed by atoms with Crippen molar-refractivity contribution in [2.75, 3.05) is 5.32 Å². The van der Waals surface area contributed by atoms with Gasteiger partial charge in [-0.1, -0.05) is 30.3 Å². The molecule has 0 unspecified atom stereocenters. The van der Waals surface area contributed by atoms with Crippen LogP contribution in [0.4, 0.5) is 14.5 Å². The second-order valence-electron chi connectivity index (χ2n) is 6.02. The summed E-state index contributed by atoms with van der Waals surface area (Å²) in [6.45, 7) is 0. The molecule has 138 valence electrons. The second-order valence-corrected chi connectivity index (χ2v) is 6.88. The number of rotatable bonds is 4. The van der Waals surface area contributed by atoms with Gasteiger partial charge in [0.25, 0.3) is 5.91 Å². The fourth-order valence-electron chi connectivity index (χ4n) is 2.77. The summed E-state index contributed by atoms with van der Waals surface area (Å²) in [4.78, 5) is 17.0. The number of thiazole rings is 1. The quantitative estimate of drug-likeness (QED) is 0.462. The van der Waals surface area contributed by atoms with Crippen LogP contribution in [0.15, 0.2) is 78.2 Å². The number of hydrogen-bond acceptors (Lipinski definition) is 3. The van der Waals surface area contributed by atoms with Gasteiger partial charge in [0.1, 0.15) is 16.6 Å². The van der Waals surface area contributed by atoms with E-state index in [-0.39, 0.29) is 11.7 Å². The lowest BCUT2D eigenvalue weighted by molar-refractivity contribution is 0.102. The van der Waals surface area contributed by atoms with E-state index in [1.807, 2.05) is 17.5 Å². The number of hydrogen-bond donors (Lipinski definition) is 1. The number of benzene rings is 3. The van der Waals surface area contributed by atoms with Gasteiger partial charge in [-0.3, -0.25) is 4.79 Å². The summed E-state index contributed by atoms with van der Waals surface area (Å²) in [5.74, 6) is -1.08. The van der Waals surface area contributed by atoms with E-state index in [2.05, 4.69) is 10.3 Å². The Morgan fingerprint density at radius 1 is 0.857 bits per heavy atom. The van der Waals surface area contributed by atoms with Crippen molar-refractivity contribution < 1.29 is 13.6 Å². The first-order valence-electron chi connectivity index (χ1n) is 8.48. The van der Waals surface area contributed by atoms with Crippen LogP contribution in [0.3, 0.4) is 0 Å². The molecule has 0 aliphatic rings. The normalized spacial score (nSPS) is 10.6. The second kappa shape index (κ2) is 7.70. The number of para-hydroxylation sites is 1. The number of nitrogens with zero attached hydrogens (tertiary/aromatic N) is 1. The molecular weight excluding hydrogens is 378 g/mol. The Bertz CT molecular complexity index is 1140. The summed E-state index contributed by atoms with van der Waals surface area (Å²) >= 11 is 1.33. The topological polar surface area (TPSA) is 42.0 Å². The van der Waals surface area contributed by atoms with Crippen LogP contribution in [0, 0.1) is 11.6 Å². The number of nitrogens with one attached hydrogen (secondary N) is 1. The summed E-state index contributed by atoms with van der Waals surface area (Å²) in [6, 6.07) is 19.0. The van der Waals surface area contributed by atoms with Crippen LogP contribution < -0.4 is 5.32 Å². The minimum absolute atomic E-state index is 0.332. The highest BCUT2D eigenvalue weighted by Gasteiger charge is 2.14. The molecule has 0 aliphatic carbocycles. The number of amides is 1. The predicted molar refractivity (Wildman–Crippen MR) is 107 cm³/mol. The molecule has 1 heterocycles. The number of aromatic nitrogens is 1. The summed E-state index contributed by atoms with van der Waals surface area (Å²) < 4.78 is 27.1. The van der Waals surface area contributed by atoms with Crippen LogP contribution >= 0.6 is 11.3 Å². The average molecular weight is 392 g/mol. The van der Waals surface area contributed by atoms with Gasteiger partial charge in [0, 0.05) is 22.1 Å². The van der Waals surface area contributed by atoms with E-state index in [0.29, 0.717) is 27.5 Å². The summed E-state index contributed by atoms with van der Waals surface area (Å²) in [5, 5.41) is 5.22. The van der Waals surface area contributed by atoms with E-state index in [1.165, 1.54) is 41.7 Å². The molecule has 1 amide bonds. The SMILES string of the molecule is O=C(Nc1ccccc1-c1csc(-c2ccccc2F)n1)c1ccc(F)cc1. The van der Waals surface area contributed by atoms with Crippen LogP contribution in [-0.2, 0) is 0 Å². The molecule has 0 spiro atoms. The zero-order chi connectivity index (χ0) is 19.5. The molecule has 0 bridgehead atoms. The molecule has 4 aromatic rings. The van der Waals surface area contributed by atoms with Gasteiger partial charge in [0.05, 0.1) is 11.4 Å². The lowest BCUT2D eigenvalue weighted by Gasteiger charge is -2.09. The minimum Gasteiger partial charge on any atom is -0.321 e. The molecule has 0 atom stereocenters. The molecule has 28 heavy (non-hydrogen) atoms. The fourth-order valence-corrected chi connectivity index (χ4v) is 3.61. The van der Waals surface area contributed by atoms with Crippen molar-refractivity contribution >= 4 is 22.9 Å². The number of carbonyl (C=O) groups is 1. The zero-order valence-electron chi connectivity index (χ0n) is 14.5. The fraction of sp³-hybridized carbons (Fsp3) is 0. The molecule has 1 N–H and O–H groups in total. The van der Waals surface area contributed by atoms with E-state index < -0.39 is 5.82 Å². The molecule has 0 saturated carbocycles. The van der Waals surface area contributed by atoms with Gasteiger partial charge >= 0.3 is 0 Å². The number of anilines is 1. The summed E-state index contributed by atoms with van der Waals surface area (Å²) in [7, 11) is 0. The summed E-state index contributed by atoms with van der Waals surface area (Å²) in [6.07, 6.45) is 0. The molecule has 3 nitrogen and oxygen atoms in total. The van der Waals surface area contributed by atoms with Crippen molar-refractivity contribution in [3.05, 3.63) is 95.4 Å². The molecule has 3 aromatic carbocycles. The molecule has 6 heteroatoms. The van der Waals surface area contributed by atoms with Gasteiger partial charge < -0.3 is 5.32 Å². The van der Waals surface area contributed by atoms with E-state index in [0.717, 1.165) is 5.56 Å². The van der Waals surface area contributed by atoms with Crippen LogP contribution in [0.2, 0.25) is 0 Å². The highest BCUT2D eigenvalue weighted by atomic mass is 32.1. The minimum atomic E-state index is -0.403. The lowest BCUT2D eigenvalue weighted by Crippen LogP contribution is -2.12. The van der Waals surface area contributed by atoms with Gasteiger partial charge in [0.15, 0.2) is 0 Å². The Morgan fingerprint density at radius 3 is 2.29 bits per heavy atom. The van der Waals surface area contributed by atoms with Gasteiger partial charge in [-0.2, -0.15) is 0 Å². The predicted octanol–water partition coefficient (Wildman–Crippen LogP) is 6.01. The molecular formula is C22H14F2N2OS. The highest BCUT2D eigenvalue weighted by Crippen LogP contribution is 2.33. The Hall–Kier alpha value is -3.38. The van der Waals surface area contributed by atoms with Crippen molar-refractivity contribution in [3.63, 3.8) is 0 Å². The van der Waals surface area contributed by atoms with Crippen molar-refractivity contribution in [2.24, 2.45) is 0 Å². The number of carbonyl (C=O) groups excluding carboxylic acids is 1. The van der Waals surface area contributed by atoms with Crippen molar-refractivity contribution in [3.8, 4) is 21.8 Å². The first kappa shape index (κ1) is 18.0. The zero-order valence-corrected chi connectivity index (χ0v) is 15.3. The summed E-state index contributed by atoms with van der Waals surface area (Å²) in [5.41, 5.74) is 2.71. The lowest BCUT2D eigenvalue weighted by atomic mass is 10.1. The maximum atomic E-state index is 14.0. The van der Waals surface area contributed by atoms with E-state index in [1.54, 1.807) is 30.3 Å². The largest absolute Gasteiger partial charge is 0.321 e. The van der Waals surface area contributed by atoms with Gasteiger partial charge in [-0.15, -0.1) is 11.3 Å². The van der Waals surface area contributed by atoms with Crippen molar-refractivity contribution in [1.29, 1.82) is 0 Å². The maximum absolute atomic E-state index is 14.0. The average Bonchev–Trinajstić information content (AvgIpc) is 3.19. The maximum Gasteiger partial charge on any atom is 0.255 e. The van der Waals surface area contributed by atoms with E-state index >= 15 is 0 Å². The van der Waals surface area contributed by atoms with Crippen molar-refractivity contribution in [1.82, 2.24) is 4.98 Å². The Morgan fingerprint density at radius 2 is 1.54 bits per heavy atom. The van der Waals surface area contributed by atoms with Gasteiger partial charge in [-0.05, 0) is 42.5 Å². The van der Waals surface area contributed by atoms with Crippen molar-refractivity contribution in [2.45, 2.75) is 0 Å². The molecule has 0 saturated heterocycles. The van der Waals surface area contributed by atoms with Crippen LogP contribution in [0.25, 0.3) is 21.8 Å². The van der Waals surface area contributed by atoms with Crippen LogP contribution in [0.5, 0.6) is 0 Å². The standard InChI is InChI=1S/C22H14F2N2OS/c23-15-11-9-14(10-12-15)21(27)25-19-8-4-2-6-17(19)20-13-28-22(26-20)16-5-1-3-7-18(16)24/h1-13H,(H,25,27). The molecule has 1 aromatic heterocycles.